The normalized spacial score (nSPS) is 17.7. The van der Waals surface area contributed by atoms with Crippen molar-refractivity contribution in [2.45, 2.75) is 45.1 Å². The summed E-state index contributed by atoms with van der Waals surface area (Å²) in [6, 6.07) is 7.39. The van der Waals surface area contributed by atoms with Gasteiger partial charge in [-0.25, -0.2) is 9.18 Å². The number of amides is 2. The highest BCUT2D eigenvalue weighted by atomic mass is 19.4. The lowest BCUT2D eigenvalue weighted by Crippen LogP contribution is -2.41. The zero-order valence-corrected chi connectivity index (χ0v) is 16.9. The van der Waals surface area contributed by atoms with Crippen molar-refractivity contribution < 1.29 is 31.7 Å². The Bertz CT molecular complexity index is 947. The minimum Gasteiger partial charge on any atom is -0.399 e. The zero-order valence-electron chi connectivity index (χ0n) is 16.9. The second-order valence-electron chi connectivity index (χ2n) is 8.02. The molecule has 0 spiro atoms. The van der Waals surface area contributed by atoms with Crippen LogP contribution >= 0.6 is 0 Å². The van der Waals surface area contributed by atoms with Crippen molar-refractivity contribution in [3.05, 3.63) is 53.8 Å². The SMILES string of the molecule is CC1(C)OB(c2cc(NC(=O)Nc3cccc(F)c3)cc(C(F)(F)F)c2)OC1(C)C. The van der Waals surface area contributed by atoms with E-state index >= 15 is 0 Å². The molecule has 5 nitrogen and oxygen atoms in total. The predicted octanol–water partition coefficient (Wildman–Crippen LogP) is 4.79. The van der Waals surface area contributed by atoms with Crippen LogP contribution in [0.3, 0.4) is 0 Å². The van der Waals surface area contributed by atoms with E-state index in [9.17, 15) is 22.4 Å². The molecule has 3 rings (SSSR count). The smallest absolute Gasteiger partial charge is 0.399 e. The highest BCUT2D eigenvalue weighted by Crippen LogP contribution is 2.37. The number of nitrogens with one attached hydrogen (secondary N) is 2. The summed E-state index contributed by atoms with van der Waals surface area (Å²) in [5.41, 5.74) is -2.28. The van der Waals surface area contributed by atoms with Gasteiger partial charge in [0.2, 0.25) is 0 Å². The second-order valence-corrected chi connectivity index (χ2v) is 8.02. The Morgan fingerprint density at radius 3 is 2.10 bits per heavy atom. The van der Waals surface area contributed by atoms with Crippen LogP contribution in [0.15, 0.2) is 42.5 Å². The van der Waals surface area contributed by atoms with Crippen molar-refractivity contribution in [2.75, 3.05) is 10.6 Å². The fourth-order valence-corrected chi connectivity index (χ4v) is 2.86. The highest BCUT2D eigenvalue weighted by molar-refractivity contribution is 6.62. The molecule has 0 bridgehead atoms. The van der Waals surface area contributed by atoms with Crippen LogP contribution in [0.5, 0.6) is 0 Å². The first-order chi connectivity index (χ1) is 13.8. The van der Waals surface area contributed by atoms with Crippen LogP contribution in [-0.2, 0) is 15.5 Å². The van der Waals surface area contributed by atoms with E-state index in [-0.39, 0.29) is 16.8 Å². The number of rotatable bonds is 3. The molecule has 2 N–H and O–H groups in total. The molecule has 1 aliphatic rings. The van der Waals surface area contributed by atoms with Crippen molar-refractivity contribution in [1.82, 2.24) is 0 Å². The molecule has 1 saturated heterocycles. The molecule has 0 atom stereocenters. The molecule has 2 aromatic carbocycles. The quantitative estimate of drug-likeness (QED) is 0.551. The standard InChI is InChI=1S/C20H21BF4N2O3/c1-18(2)19(3,4)30-21(29-18)13-8-12(20(23,24)25)9-16(10-13)27-17(28)26-15-7-5-6-14(22)11-15/h5-11H,1-4H3,(H2,26,27,28). The lowest BCUT2D eigenvalue weighted by molar-refractivity contribution is -0.137. The van der Waals surface area contributed by atoms with Gasteiger partial charge >= 0.3 is 19.3 Å². The van der Waals surface area contributed by atoms with E-state index in [4.69, 9.17) is 9.31 Å². The van der Waals surface area contributed by atoms with Crippen molar-refractivity contribution in [3.8, 4) is 0 Å². The monoisotopic (exact) mass is 424 g/mol. The largest absolute Gasteiger partial charge is 0.494 e. The summed E-state index contributed by atoms with van der Waals surface area (Å²) in [6.07, 6.45) is -4.64. The zero-order chi connectivity index (χ0) is 22.3. The second kappa shape index (κ2) is 7.59. The number of carbonyl (C=O) groups excluding carboxylic acids is 1. The molecule has 30 heavy (non-hydrogen) atoms. The average Bonchev–Trinajstić information content (AvgIpc) is 2.81. The van der Waals surface area contributed by atoms with Crippen LogP contribution < -0.4 is 16.1 Å². The van der Waals surface area contributed by atoms with Gasteiger partial charge in [0.1, 0.15) is 5.82 Å². The lowest BCUT2D eigenvalue weighted by Gasteiger charge is -2.32. The van der Waals surface area contributed by atoms with Crippen molar-refractivity contribution in [1.29, 1.82) is 0 Å². The highest BCUT2D eigenvalue weighted by Gasteiger charge is 2.52. The Kier molecular flexibility index (Phi) is 5.59. The molecule has 1 fully saturated rings. The molecule has 1 aliphatic heterocycles. The Morgan fingerprint density at radius 2 is 1.53 bits per heavy atom. The Hall–Kier alpha value is -2.59. The number of carbonyl (C=O) groups is 1. The van der Waals surface area contributed by atoms with Gasteiger partial charge in [-0.15, -0.1) is 0 Å². The third-order valence-corrected chi connectivity index (χ3v) is 5.15. The Morgan fingerprint density at radius 1 is 0.933 bits per heavy atom. The van der Waals surface area contributed by atoms with E-state index in [0.717, 1.165) is 18.2 Å². The molecule has 0 radical (unpaired) electrons. The van der Waals surface area contributed by atoms with Gasteiger partial charge in [0.15, 0.2) is 0 Å². The van der Waals surface area contributed by atoms with E-state index in [2.05, 4.69) is 10.6 Å². The number of anilines is 2. The number of hydrogen-bond acceptors (Lipinski definition) is 3. The summed E-state index contributed by atoms with van der Waals surface area (Å²) in [5, 5.41) is 4.71. The van der Waals surface area contributed by atoms with Gasteiger partial charge in [-0.05, 0) is 63.5 Å². The van der Waals surface area contributed by atoms with E-state index in [1.165, 1.54) is 24.3 Å². The van der Waals surface area contributed by atoms with E-state index < -0.39 is 41.9 Å². The van der Waals surface area contributed by atoms with Crippen LogP contribution in [-0.4, -0.2) is 24.4 Å². The minimum atomic E-state index is -4.64. The average molecular weight is 424 g/mol. The Balaban J connectivity index is 1.87. The molecule has 0 aromatic heterocycles. The van der Waals surface area contributed by atoms with Gasteiger partial charge in [0.25, 0.3) is 0 Å². The molecular weight excluding hydrogens is 403 g/mol. The van der Waals surface area contributed by atoms with Gasteiger partial charge < -0.3 is 19.9 Å². The summed E-state index contributed by atoms with van der Waals surface area (Å²) in [5.74, 6) is -0.560. The molecule has 0 aliphatic carbocycles. The van der Waals surface area contributed by atoms with Gasteiger partial charge in [-0.2, -0.15) is 13.2 Å². The lowest BCUT2D eigenvalue weighted by atomic mass is 9.78. The summed E-state index contributed by atoms with van der Waals surface area (Å²) >= 11 is 0. The Labute approximate surface area is 171 Å². The first-order valence-electron chi connectivity index (χ1n) is 9.18. The molecule has 2 amide bonds. The summed E-state index contributed by atoms with van der Waals surface area (Å²) in [4.78, 5) is 12.2. The first-order valence-corrected chi connectivity index (χ1v) is 9.18. The van der Waals surface area contributed by atoms with Gasteiger partial charge in [-0.1, -0.05) is 12.1 Å². The third kappa shape index (κ3) is 4.76. The maximum Gasteiger partial charge on any atom is 0.494 e. The molecule has 0 saturated carbocycles. The number of benzene rings is 2. The maximum absolute atomic E-state index is 13.4. The topological polar surface area (TPSA) is 59.6 Å². The molecule has 2 aromatic rings. The molecule has 10 heteroatoms. The van der Waals surface area contributed by atoms with Crippen molar-refractivity contribution in [2.24, 2.45) is 0 Å². The molecular formula is C20H21BF4N2O3. The molecule has 0 unspecified atom stereocenters. The fraction of sp³-hybridized carbons (Fsp3) is 0.350. The molecule has 160 valence electrons. The number of halogens is 4. The van der Waals surface area contributed by atoms with Gasteiger partial charge in [0.05, 0.1) is 16.8 Å². The van der Waals surface area contributed by atoms with Crippen molar-refractivity contribution in [3.63, 3.8) is 0 Å². The predicted molar refractivity (Wildman–Crippen MR) is 106 cm³/mol. The van der Waals surface area contributed by atoms with E-state index in [1.807, 2.05) is 0 Å². The summed E-state index contributed by atoms with van der Waals surface area (Å²) in [7, 11) is -1.04. The van der Waals surface area contributed by atoms with Gasteiger partial charge in [0, 0.05) is 11.4 Å². The van der Waals surface area contributed by atoms with Crippen LogP contribution in [0.1, 0.15) is 33.3 Å². The van der Waals surface area contributed by atoms with Gasteiger partial charge in [-0.3, -0.25) is 0 Å². The third-order valence-electron chi connectivity index (χ3n) is 5.15. The van der Waals surface area contributed by atoms with Crippen LogP contribution in [0.2, 0.25) is 0 Å². The summed E-state index contributed by atoms with van der Waals surface area (Å²) in [6.45, 7) is 7.14. The molecule has 1 heterocycles. The number of alkyl halides is 3. The summed E-state index contributed by atoms with van der Waals surface area (Å²) < 4.78 is 65.2. The maximum atomic E-state index is 13.4. The first kappa shape index (κ1) is 22.1. The number of urea groups is 1. The van der Waals surface area contributed by atoms with Crippen LogP contribution in [0, 0.1) is 5.82 Å². The van der Waals surface area contributed by atoms with E-state index in [0.29, 0.717) is 0 Å². The van der Waals surface area contributed by atoms with Crippen molar-refractivity contribution >= 4 is 30.0 Å². The van der Waals surface area contributed by atoms with Crippen LogP contribution in [0.25, 0.3) is 0 Å². The fourth-order valence-electron chi connectivity index (χ4n) is 2.86. The van der Waals surface area contributed by atoms with Crippen LogP contribution in [0.4, 0.5) is 33.7 Å². The minimum absolute atomic E-state index is 0.108. The van der Waals surface area contributed by atoms with E-state index in [1.54, 1.807) is 27.7 Å². The number of hydrogen-bond donors (Lipinski definition) is 2.